The van der Waals surface area contributed by atoms with E-state index in [0.29, 0.717) is 12.1 Å². The van der Waals surface area contributed by atoms with Crippen molar-refractivity contribution in [2.75, 3.05) is 11.9 Å². The van der Waals surface area contributed by atoms with Crippen LogP contribution in [0.5, 0.6) is 5.88 Å². The number of rotatable bonds is 5. The molecule has 2 aliphatic heterocycles. The van der Waals surface area contributed by atoms with E-state index < -0.39 is 64.5 Å². The number of amides is 1. The summed E-state index contributed by atoms with van der Waals surface area (Å²) in [4.78, 5) is 17.4. The Balaban J connectivity index is 1.55. The van der Waals surface area contributed by atoms with E-state index in [0.717, 1.165) is 10.9 Å². The SMILES string of the molecule is CCOc1cc(C(F)(F)F)cc(NC(=O)[C@]23C[C@@]2(c2cn(C)nc2C(F)(F)F)[C@H]2O[C@@H]3C[C@@H]2O)n1. The fourth-order valence-electron chi connectivity index (χ4n) is 5.70. The van der Waals surface area contributed by atoms with Gasteiger partial charge in [0.1, 0.15) is 5.82 Å². The average molecular weight is 506 g/mol. The van der Waals surface area contributed by atoms with Crippen molar-refractivity contribution in [2.45, 2.75) is 55.8 Å². The number of ether oxygens (including phenoxy) is 2. The van der Waals surface area contributed by atoms with Crippen LogP contribution in [0, 0.1) is 5.41 Å². The summed E-state index contributed by atoms with van der Waals surface area (Å²) in [7, 11) is 1.30. The predicted octanol–water partition coefficient (Wildman–Crippen LogP) is 3.05. The van der Waals surface area contributed by atoms with Crippen LogP contribution in [0.25, 0.3) is 0 Å². The lowest BCUT2D eigenvalue weighted by Gasteiger charge is -2.29. The number of nitrogens with zero attached hydrogens (tertiary/aromatic N) is 3. The zero-order valence-electron chi connectivity index (χ0n) is 18.4. The summed E-state index contributed by atoms with van der Waals surface area (Å²) >= 11 is 0. The highest BCUT2D eigenvalue weighted by Gasteiger charge is 2.88. The first-order valence-corrected chi connectivity index (χ1v) is 10.7. The summed E-state index contributed by atoms with van der Waals surface area (Å²) in [6.45, 7) is 1.56. The standard InChI is InChI=1S/C21H20F6N4O4/c1-3-34-14-5-9(20(22,23)24)4-13(28-14)29-17(33)19-8-18(19,16-11(32)6-12(19)35-16)10-7-31(2)30-15(10)21(25,26)27/h4-5,7,11-12,16,32H,3,6,8H2,1-2H3,(H,28,29,33)/t11-,12+,16-,18+,19+/m0/s1. The molecular weight excluding hydrogens is 486 g/mol. The van der Waals surface area contributed by atoms with Crippen LogP contribution in [0.3, 0.4) is 0 Å². The van der Waals surface area contributed by atoms with E-state index in [-0.39, 0.29) is 30.9 Å². The van der Waals surface area contributed by atoms with E-state index in [9.17, 15) is 36.2 Å². The number of aliphatic hydroxyl groups excluding tert-OH is 1. The van der Waals surface area contributed by atoms with Gasteiger partial charge in [-0.25, -0.2) is 0 Å². The van der Waals surface area contributed by atoms with Crippen molar-refractivity contribution >= 4 is 11.7 Å². The number of aromatic nitrogens is 3. The van der Waals surface area contributed by atoms with Crippen molar-refractivity contribution in [3.05, 3.63) is 35.2 Å². The monoisotopic (exact) mass is 506 g/mol. The van der Waals surface area contributed by atoms with Gasteiger partial charge in [0.05, 0.1) is 35.9 Å². The smallest absolute Gasteiger partial charge is 0.435 e. The maximum Gasteiger partial charge on any atom is 0.435 e. The minimum absolute atomic E-state index is 0.00165. The van der Waals surface area contributed by atoms with Crippen LogP contribution in [0.4, 0.5) is 32.2 Å². The van der Waals surface area contributed by atoms with Crippen molar-refractivity contribution in [1.82, 2.24) is 14.8 Å². The van der Waals surface area contributed by atoms with Crippen LogP contribution in [0.2, 0.25) is 0 Å². The fraction of sp³-hybridized carbons (Fsp3) is 0.571. The van der Waals surface area contributed by atoms with Gasteiger partial charge >= 0.3 is 12.4 Å². The van der Waals surface area contributed by atoms with Crippen molar-refractivity contribution in [1.29, 1.82) is 0 Å². The lowest BCUT2D eigenvalue weighted by molar-refractivity contribution is -0.143. The Morgan fingerprint density at radius 3 is 2.63 bits per heavy atom. The highest BCUT2D eigenvalue weighted by Crippen LogP contribution is 2.78. The molecule has 2 bridgehead atoms. The molecule has 1 aliphatic carbocycles. The van der Waals surface area contributed by atoms with E-state index in [4.69, 9.17) is 9.47 Å². The third kappa shape index (κ3) is 3.33. The number of hydrogen-bond acceptors (Lipinski definition) is 6. The topological polar surface area (TPSA) is 98.5 Å². The minimum atomic E-state index is -4.84. The molecule has 190 valence electrons. The molecule has 5 atom stereocenters. The number of alkyl halides is 6. The van der Waals surface area contributed by atoms with Gasteiger partial charge in [0.15, 0.2) is 5.69 Å². The summed E-state index contributed by atoms with van der Waals surface area (Å²) in [5.74, 6) is -1.68. The van der Waals surface area contributed by atoms with E-state index in [1.54, 1.807) is 6.92 Å². The molecule has 5 rings (SSSR count). The predicted molar refractivity (Wildman–Crippen MR) is 105 cm³/mol. The molecule has 2 aromatic rings. The Bertz CT molecular complexity index is 1200. The molecule has 3 fully saturated rings. The second-order valence-corrected chi connectivity index (χ2v) is 8.99. The van der Waals surface area contributed by atoms with Crippen molar-refractivity contribution in [3.8, 4) is 5.88 Å². The number of aryl methyl sites for hydroxylation is 1. The number of anilines is 1. The van der Waals surface area contributed by atoms with Gasteiger partial charge in [0.25, 0.3) is 0 Å². The van der Waals surface area contributed by atoms with Crippen LogP contribution >= 0.6 is 0 Å². The molecule has 8 nitrogen and oxygen atoms in total. The van der Waals surface area contributed by atoms with E-state index in [1.807, 2.05) is 0 Å². The maximum atomic E-state index is 13.8. The van der Waals surface area contributed by atoms with Crippen molar-refractivity contribution in [3.63, 3.8) is 0 Å². The van der Waals surface area contributed by atoms with E-state index >= 15 is 0 Å². The number of carbonyl (C=O) groups excluding carboxylic acids is 1. The summed E-state index contributed by atoms with van der Waals surface area (Å²) in [6, 6.07) is 1.30. The summed E-state index contributed by atoms with van der Waals surface area (Å²) in [5.41, 5.74) is -5.68. The molecule has 2 saturated heterocycles. The molecule has 0 aromatic carbocycles. The zero-order chi connectivity index (χ0) is 25.6. The van der Waals surface area contributed by atoms with Crippen molar-refractivity contribution in [2.24, 2.45) is 12.5 Å². The molecular formula is C21H20F6N4O4. The number of pyridine rings is 1. The first-order chi connectivity index (χ1) is 16.2. The Hall–Kier alpha value is -2.87. The van der Waals surface area contributed by atoms with Crippen LogP contribution in [-0.2, 0) is 34.3 Å². The van der Waals surface area contributed by atoms with Crippen LogP contribution in [0.1, 0.15) is 36.6 Å². The number of carbonyl (C=O) groups is 1. The third-order valence-electron chi connectivity index (χ3n) is 7.03. The molecule has 1 amide bonds. The molecule has 0 radical (unpaired) electrons. The van der Waals surface area contributed by atoms with Crippen LogP contribution in [0.15, 0.2) is 18.3 Å². The summed E-state index contributed by atoms with van der Waals surface area (Å²) in [6.07, 6.45) is -11.7. The number of aliphatic hydroxyl groups is 1. The second kappa shape index (κ2) is 7.32. The van der Waals surface area contributed by atoms with E-state index in [2.05, 4.69) is 15.4 Å². The molecule has 1 saturated carbocycles. The number of halogens is 6. The van der Waals surface area contributed by atoms with Gasteiger partial charge in [-0.1, -0.05) is 0 Å². The summed E-state index contributed by atoms with van der Waals surface area (Å²) in [5, 5.41) is 16.3. The molecule has 2 aromatic heterocycles. The Morgan fingerprint density at radius 2 is 2.00 bits per heavy atom. The molecule has 2 N–H and O–H groups in total. The van der Waals surface area contributed by atoms with Gasteiger partial charge in [-0.15, -0.1) is 0 Å². The normalized spacial score (nSPS) is 31.4. The van der Waals surface area contributed by atoms with Crippen molar-refractivity contribution < 1.29 is 45.7 Å². The minimum Gasteiger partial charge on any atom is -0.478 e. The molecule has 35 heavy (non-hydrogen) atoms. The zero-order valence-corrected chi connectivity index (χ0v) is 18.4. The number of fused-ring (bicyclic) bond motifs is 5. The lowest BCUT2D eigenvalue weighted by atomic mass is 9.73. The van der Waals surface area contributed by atoms with Gasteiger partial charge < -0.3 is 19.9 Å². The maximum absolute atomic E-state index is 13.8. The highest BCUT2D eigenvalue weighted by molar-refractivity contribution is 6.00. The first-order valence-electron chi connectivity index (χ1n) is 10.7. The molecule has 0 unspecified atom stereocenters. The third-order valence-corrected chi connectivity index (χ3v) is 7.03. The quantitative estimate of drug-likeness (QED) is 0.606. The van der Waals surface area contributed by atoms with Gasteiger partial charge in [0.2, 0.25) is 11.8 Å². The number of nitrogens with one attached hydrogen (secondary N) is 1. The summed E-state index contributed by atoms with van der Waals surface area (Å²) < 4.78 is 93.2. The van der Waals surface area contributed by atoms with Gasteiger partial charge in [-0.3, -0.25) is 9.48 Å². The average Bonchev–Trinajstić information content (AvgIpc) is 2.96. The Labute approximate surface area is 194 Å². The first kappa shape index (κ1) is 23.9. The molecule has 14 heteroatoms. The van der Waals surface area contributed by atoms with Gasteiger partial charge in [0, 0.05) is 36.7 Å². The van der Waals surface area contributed by atoms with E-state index in [1.165, 1.54) is 7.05 Å². The van der Waals surface area contributed by atoms with Gasteiger partial charge in [-0.2, -0.15) is 36.4 Å². The number of hydrogen-bond donors (Lipinski definition) is 2. The fourth-order valence-corrected chi connectivity index (χ4v) is 5.70. The highest BCUT2D eigenvalue weighted by atomic mass is 19.4. The molecule has 4 heterocycles. The van der Waals surface area contributed by atoms with Crippen LogP contribution < -0.4 is 10.1 Å². The Kier molecular flexibility index (Phi) is 4.99. The lowest BCUT2D eigenvalue weighted by Crippen LogP contribution is -2.45. The second-order valence-electron chi connectivity index (χ2n) is 8.99. The molecule has 3 aliphatic rings. The molecule has 0 spiro atoms. The van der Waals surface area contributed by atoms with Crippen LogP contribution in [-0.4, -0.2) is 50.7 Å². The van der Waals surface area contributed by atoms with Gasteiger partial charge in [-0.05, 0) is 19.4 Å². The Morgan fingerprint density at radius 1 is 1.29 bits per heavy atom. The largest absolute Gasteiger partial charge is 0.478 e.